The van der Waals surface area contributed by atoms with Crippen molar-refractivity contribution in [2.24, 2.45) is 5.92 Å². The average molecular weight is 400 g/mol. The first-order chi connectivity index (χ1) is 12.7. The minimum atomic E-state index is -3.24. The van der Waals surface area contributed by atoms with Crippen LogP contribution in [0.5, 0.6) is 0 Å². The van der Waals surface area contributed by atoms with Crippen LogP contribution < -0.4 is 15.4 Å². The molecule has 1 fully saturated rings. The lowest BCUT2D eigenvalue weighted by Crippen LogP contribution is -2.46. The van der Waals surface area contributed by atoms with Crippen LogP contribution in [0.2, 0.25) is 0 Å². The van der Waals surface area contributed by atoms with E-state index >= 15 is 0 Å². The smallest absolute Gasteiger partial charge is 0.216 e. The van der Waals surface area contributed by atoms with Gasteiger partial charge in [-0.3, -0.25) is 4.68 Å². The van der Waals surface area contributed by atoms with Gasteiger partial charge in [-0.15, -0.1) is 0 Å². The monoisotopic (exact) mass is 399 g/mol. The number of sulfonamides is 1. The van der Waals surface area contributed by atoms with Crippen LogP contribution >= 0.6 is 0 Å². The number of nitrogens with one attached hydrogen (secondary N) is 3. The summed E-state index contributed by atoms with van der Waals surface area (Å²) in [5.74, 6) is 1.57. The Bertz CT molecular complexity index is 658. The van der Waals surface area contributed by atoms with E-state index in [-0.39, 0.29) is 6.04 Å². The first-order valence-corrected chi connectivity index (χ1v) is 11.6. The summed E-state index contributed by atoms with van der Waals surface area (Å²) in [6.07, 6.45) is 8.30. The molecule has 0 radical (unpaired) electrons. The van der Waals surface area contributed by atoms with E-state index < -0.39 is 14.8 Å². The van der Waals surface area contributed by atoms with Crippen LogP contribution in [-0.2, 0) is 16.6 Å². The number of anilines is 1. The van der Waals surface area contributed by atoms with Gasteiger partial charge in [0.1, 0.15) is 5.82 Å². The number of hydrogen-bond acceptors (Lipinski definition) is 5. The molecule has 0 aliphatic heterocycles. The highest BCUT2D eigenvalue weighted by molar-refractivity contribution is 7.90. The third-order valence-electron chi connectivity index (χ3n) is 5.30. The van der Waals surface area contributed by atoms with Crippen LogP contribution in [0, 0.1) is 5.92 Å². The molecule has 0 aromatic carbocycles. The quantitative estimate of drug-likeness (QED) is 0.526. The number of hydrogen-bond donors (Lipinski definition) is 3. The Morgan fingerprint density at radius 1 is 1.19 bits per heavy atom. The second-order valence-electron chi connectivity index (χ2n) is 8.58. The van der Waals surface area contributed by atoms with E-state index in [9.17, 15) is 8.42 Å². The Hall–Kier alpha value is -1.12. The molecule has 0 amide bonds. The van der Waals surface area contributed by atoms with Crippen molar-refractivity contribution in [1.82, 2.24) is 19.8 Å². The minimum absolute atomic E-state index is 0.0991. The van der Waals surface area contributed by atoms with Crippen LogP contribution in [-0.4, -0.2) is 49.1 Å². The first kappa shape index (κ1) is 22.2. The lowest BCUT2D eigenvalue weighted by Gasteiger charge is -2.31. The van der Waals surface area contributed by atoms with E-state index in [1.54, 1.807) is 20.8 Å². The highest BCUT2D eigenvalue weighted by Gasteiger charge is 2.32. The van der Waals surface area contributed by atoms with Gasteiger partial charge in [-0.2, -0.15) is 5.10 Å². The van der Waals surface area contributed by atoms with Crippen LogP contribution in [0.15, 0.2) is 12.3 Å². The highest BCUT2D eigenvalue weighted by atomic mass is 32.2. The predicted octanol–water partition coefficient (Wildman–Crippen LogP) is 2.57. The molecule has 27 heavy (non-hydrogen) atoms. The normalized spacial score (nSPS) is 21.3. The molecular weight excluding hydrogens is 362 g/mol. The fourth-order valence-electron chi connectivity index (χ4n) is 3.33. The molecule has 1 aliphatic rings. The minimum Gasteiger partial charge on any atom is -0.372 e. The van der Waals surface area contributed by atoms with Crippen molar-refractivity contribution in [3.05, 3.63) is 12.3 Å². The van der Waals surface area contributed by atoms with Crippen molar-refractivity contribution >= 4 is 15.8 Å². The maximum Gasteiger partial charge on any atom is 0.216 e. The molecule has 0 saturated heterocycles. The van der Waals surface area contributed by atoms with Gasteiger partial charge in [-0.25, -0.2) is 13.1 Å². The number of aromatic nitrogens is 2. The summed E-state index contributed by atoms with van der Waals surface area (Å²) in [5, 5.41) is 11.0. The number of nitrogens with zero attached hydrogens (tertiary/aromatic N) is 2. The second kappa shape index (κ2) is 9.89. The summed E-state index contributed by atoms with van der Waals surface area (Å²) in [7, 11) is -1.36. The van der Waals surface area contributed by atoms with Crippen LogP contribution in [0.4, 0.5) is 5.82 Å². The Labute approximate surface area is 164 Å². The van der Waals surface area contributed by atoms with Crippen LogP contribution in [0.1, 0.15) is 59.3 Å². The summed E-state index contributed by atoms with van der Waals surface area (Å²) in [6.45, 7) is 8.24. The molecule has 1 heterocycles. The number of unbranched alkanes of at least 4 members (excludes halogenated alkanes) is 1. The van der Waals surface area contributed by atoms with Crippen LogP contribution in [0.3, 0.4) is 0 Å². The van der Waals surface area contributed by atoms with Gasteiger partial charge in [0.15, 0.2) is 0 Å². The van der Waals surface area contributed by atoms with E-state index in [1.165, 1.54) is 0 Å². The Morgan fingerprint density at radius 3 is 2.48 bits per heavy atom. The molecule has 0 spiro atoms. The van der Waals surface area contributed by atoms with Gasteiger partial charge in [0, 0.05) is 31.9 Å². The molecule has 8 heteroatoms. The van der Waals surface area contributed by atoms with Crippen molar-refractivity contribution in [3.63, 3.8) is 0 Å². The first-order valence-electron chi connectivity index (χ1n) is 10.1. The second-order valence-corrected chi connectivity index (χ2v) is 11.0. The molecular formula is C19H37N5O2S. The van der Waals surface area contributed by atoms with E-state index in [2.05, 4.69) is 20.5 Å². The van der Waals surface area contributed by atoms with Gasteiger partial charge in [0.25, 0.3) is 0 Å². The molecule has 1 aromatic rings. The Kier molecular flexibility index (Phi) is 8.12. The lowest BCUT2D eigenvalue weighted by atomic mass is 9.86. The van der Waals surface area contributed by atoms with E-state index in [0.717, 1.165) is 64.0 Å². The third-order valence-corrected chi connectivity index (χ3v) is 7.55. The highest BCUT2D eigenvalue weighted by Crippen LogP contribution is 2.25. The summed E-state index contributed by atoms with van der Waals surface area (Å²) < 4.78 is 28.7. The lowest BCUT2D eigenvalue weighted by molar-refractivity contribution is 0.301. The van der Waals surface area contributed by atoms with Gasteiger partial charge in [0.2, 0.25) is 10.0 Å². The maximum atomic E-state index is 12.3. The zero-order valence-electron chi connectivity index (χ0n) is 17.3. The topological polar surface area (TPSA) is 88.0 Å². The van der Waals surface area contributed by atoms with Gasteiger partial charge < -0.3 is 10.6 Å². The fourth-order valence-corrected chi connectivity index (χ4v) is 4.36. The van der Waals surface area contributed by atoms with Gasteiger partial charge in [-0.1, -0.05) is 0 Å². The SMILES string of the molecule is CNc1ccn(CCCCNCC2CCC(NS(=O)(=O)C(C)(C)C)CC2)n1. The average Bonchev–Trinajstić information content (AvgIpc) is 3.06. The summed E-state index contributed by atoms with van der Waals surface area (Å²) in [6, 6.07) is 2.08. The van der Waals surface area contributed by atoms with Crippen molar-refractivity contribution < 1.29 is 8.42 Å². The molecule has 3 N–H and O–H groups in total. The molecule has 1 saturated carbocycles. The number of aryl methyl sites for hydroxylation is 1. The van der Waals surface area contributed by atoms with Crippen molar-refractivity contribution in [1.29, 1.82) is 0 Å². The molecule has 0 atom stereocenters. The summed E-state index contributed by atoms with van der Waals surface area (Å²) in [4.78, 5) is 0. The largest absolute Gasteiger partial charge is 0.372 e. The predicted molar refractivity (Wildman–Crippen MR) is 111 cm³/mol. The van der Waals surface area contributed by atoms with E-state index in [0.29, 0.717) is 5.92 Å². The number of rotatable bonds is 10. The van der Waals surface area contributed by atoms with Crippen molar-refractivity contribution in [2.75, 3.05) is 25.5 Å². The van der Waals surface area contributed by atoms with Crippen molar-refractivity contribution in [2.45, 2.75) is 76.6 Å². The standard InChI is InChI=1S/C19H37N5O2S/c1-19(2,3)27(25,26)23-17-9-7-16(8-10-17)15-21-12-5-6-13-24-14-11-18(20-4)22-24/h11,14,16-17,21,23H,5-10,12-13,15H2,1-4H3,(H,20,22). The van der Waals surface area contributed by atoms with E-state index in [1.807, 2.05) is 24.0 Å². The summed E-state index contributed by atoms with van der Waals surface area (Å²) in [5.41, 5.74) is 0. The molecule has 1 aromatic heterocycles. The molecule has 2 rings (SSSR count). The fraction of sp³-hybridized carbons (Fsp3) is 0.842. The van der Waals surface area contributed by atoms with Gasteiger partial charge in [0.05, 0.1) is 4.75 Å². The van der Waals surface area contributed by atoms with E-state index in [4.69, 9.17) is 0 Å². The van der Waals surface area contributed by atoms with Crippen molar-refractivity contribution in [3.8, 4) is 0 Å². The van der Waals surface area contributed by atoms with Gasteiger partial charge >= 0.3 is 0 Å². The van der Waals surface area contributed by atoms with Gasteiger partial charge in [-0.05, 0) is 78.3 Å². The zero-order valence-corrected chi connectivity index (χ0v) is 18.1. The summed E-state index contributed by atoms with van der Waals surface area (Å²) >= 11 is 0. The Balaban J connectivity index is 1.55. The van der Waals surface area contributed by atoms with Crippen LogP contribution in [0.25, 0.3) is 0 Å². The maximum absolute atomic E-state index is 12.3. The Morgan fingerprint density at radius 2 is 1.89 bits per heavy atom. The molecule has 7 nitrogen and oxygen atoms in total. The molecule has 0 unspecified atom stereocenters. The molecule has 156 valence electrons. The third kappa shape index (κ3) is 7.08. The molecule has 0 bridgehead atoms. The zero-order chi connectivity index (χ0) is 19.9. The molecule has 1 aliphatic carbocycles.